The molecule has 1 fully saturated rings. The standard InChI is InChI=1S/C21H19N3O4/c25-19-16-8-1-2-9-17(16)22-18(23-19)20(26)24-10-4-7-15(12-24)13-5-3-6-14(11-13)21(27)28/h1-3,5-6,8-9,11,15H,4,7,10,12H2,(H,27,28)(H,22,23,25)/t15-/m0/s1. The molecule has 7 nitrogen and oxygen atoms in total. The van der Waals surface area contributed by atoms with Gasteiger partial charge in [-0.1, -0.05) is 24.3 Å². The van der Waals surface area contributed by atoms with Crippen molar-refractivity contribution in [3.05, 3.63) is 75.8 Å². The molecule has 1 aliphatic rings. The Morgan fingerprint density at radius 2 is 1.96 bits per heavy atom. The summed E-state index contributed by atoms with van der Waals surface area (Å²) in [5, 5.41) is 9.65. The Hall–Kier alpha value is -3.48. The molecule has 1 saturated heterocycles. The van der Waals surface area contributed by atoms with Crippen molar-refractivity contribution < 1.29 is 14.7 Å². The lowest BCUT2D eigenvalue weighted by molar-refractivity contribution is 0.0683. The van der Waals surface area contributed by atoms with Gasteiger partial charge in [0.05, 0.1) is 16.5 Å². The van der Waals surface area contributed by atoms with Gasteiger partial charge in [-0.2, -0.15) is 0 Å². The highest BCUT2D eigenvalue weighted by molar-refractivity contribution is 5.92. The summed E-state index contributed by atoms with van der Waals surface area (Å²) in [6.07, 6.45) is 1.67. The Morgan fingerprint density at radius 1 is 1.14 bits per heavy atom. The van der Waals surface area contributed by atoms with E-state index in [1.807, 2.05) is 6.07 Å². The van der Waals surface area contributed by atoms with Gasteiger partial charge in [0, 0.05) is 19.0 Å². The summed E-state index contributed by atoms with van der Waals surface area (Å²) in [5.41, 5.74) is 1.29. The Labute approximate surface area is 160 Å². The van der Waals surface area contributed by atoms with Crippen LogP contribution in [0.1, 0.15) is 45.3 Å². The van der Waals surface area contributed by atoms with E-state index in [2.05, 4.69) is 9.97 Å². The number of carbonyl (C=O) groups is 2. The number of benzene rings is 2. The third-order valence-corrected chi connectivity index (χ3v) is 5.13. The fourth-order valence-corrected chi connectivity index (χ4v) is 3.70. The van der Waals surface area contributed by atoms with Crippen LogP contribution in [-0.2, 0) is 0 Å². The number of para-hydroxylation sites is 1. The van der Waals surface area contributed by atoms with Crippen LogP contribution in [0.15, 0.2) is 53.3 Å². The van der Waals surface area contributed by atoms with Crippen LogP contribution in [0.2, 0.25) is 0 Å². The molecule has 0 spiro atoms. The smallest absolute Gasteiger partial charge is 0.335 e. The molecule has 2 N–H and O–H groups in total. The van der Waals surface area contributed by atoms with E-state index in [9.17, 15) is 19.5 Å². The summed E-state index contributed by atoms with van der Waals surface area (Å²) in [5.74, 6) is -1.21. The van der Waals surface area contributed by atoms with Gasteiger partial charge in [-0.3, -0.25) is 9.59 Å². The zero-order chi connectivity index (χ0) is 19.7. The van der Waals surface area contributed by atoms with Crippen LogP contribution in [0.25, 0.3) is 10.9 Å². The van der Waals surface area contributed by atoms with Crippen molar-refractivity contribution in [1.29, 1.82) is 0 Å². The first-order valence-corrected chi connectivity index (χ1v) is 9.14. The van der Waals surface area contributed by atoms with Crippen molar-refractivity contribution in [2.24, 2.45) is 0 Å². The van der Waals surface area contributed by atoms with Gasteiger partial charge in [-0.05, 0) is 42.7 Å². The predicted octanol–water partition coefficient (Wildman–Crippen LogP) is 2.64. The third kappa shape index (κ3) is 3.38. The first-order chi connectivity index (χ1) is 13.5. The van der Waals surface area contributed by atoms with Crippen LogP contribution in [-0.4, -0.2) is 44.9 Å². The van der Waals surface area contributed by atoms with Crippen molar-refractivity contribution in [2.75, 3.05) is 13.1 Å². The number of rotatable bonds is 3. The van der Waals surface area contributed by atoms with Crippen molar-refractivity contribution in [1.82, 2.24) is 14.9 Å². The van der Waals surface area contributed by atoms with Crippen molar-refractivity contribution >= 4 is 22.8 Å². The first-order valence-electron chi connectivity index (χ1n) is 9.14. The summed E-state index contributed by atoms with van der Waals surface area (Å²) >= 11 is 0. The number of nitrogens with one attached hydrogen (secondary N) is 1. The minimum absolute atomic E-state index is 0.0311. The molecular formula is C21H19N3O4. The molecular weight excluding hydrogens is 358 g/mol. The van der Waals surface area contributed by atoms with Gasteiger partial charge >= 0.3 is 5.97 Å². The molecule has 3 aromatic rings. The Balaban J connectivity index is 1.59. The number of aromatic nitrogens is 2. The van der Waals surface area contributed by atoms with E-state index in [1.165, 1.54) is 0 Å². The molecule has 7 heteroatoms. The minimum Gasteiger partial charge on any atom is -0.478 e. The Kier molecular flexibility index (Phi) is 4.65. The van der Waals surface area contributed by atoms with Crippen molar-refractivity contribution in [3.8, 4) is 0 Å². The number of amides is 1. The van der Waals surface area contributed by atoms with E-state index in [1.54, 1.807) is 47.4 Å². The van der Waals surface area contributed by atoms with Gasteiger partial charge < -0.3 is 15.0 Å². The van der Waals surface area contributed by atoms with Crippen LogP contribution >= 0.6 is 0 Å². The molecule has 2 aromatic carbocycles. The first kappa shape index (κ1) is 17.9. The number of carbonyl (C=O) groups excluding carboxylic acids is 1. The van der Waals surface area contributed by atoms with Gasteiger partial charge in [-0.15, -0.1) is 0 Å². The lowest BCUT2D eigenvalue weighted by Crippen LogP contribution is -2.40. The van der Waals surface area contributed by atoms with E-state index in [0.29, 0.717) is 24.0 Å². The molecule has 2 heterocycles. The molecule has 0 saturated carbocycles. The second-order valence-corrected chi connectivity index (χ2v) is 6.95. The van der Waals surface area contributed by atoms with Gasteiger partial charge in [0.15, 0.2) is 5.82 Å². The second-order valence-electron chi connectivity index (χ2n) is 6.95. The highest BCUT2D eigenvalue weighted by atomic mass is 16.4. The monoisotopic (exact) mass is 377 g/mol. The lowest BCUT2D eigenvalue weighted by Gasteiger charge is -2.32. The second kappa shape index (κ2) is 7.26. The topological polar surface area (TPSA) is 103 Å². The van der Waals surface area contributed by atoms with Crippen LogP contribution < -0.4 is 5.56 Å². The highest BCUT2D eigenvalue weighted by Crippen LogP contribution is 2.28. The fourth-order valence-electron chi connectivity index (χ4n) is 3.70. The van der Waals surface area contributed by atoms with E-state index in [4.69, 9.17) is 0 Å². The number of aromatic amines is 1. The van der Waals surface area contributed by atoms with Crippen LogP contribution in [0.3, 0.4) is 0 Å². The fraction of sp³-hybridized carbons (Fsp3) is 0.238. The summed E-state index contributed by atoms with van der Waals surface area (Å²) in [6, 6.07) is 13.7. The largest absolute Gasteiger partial charge is 0.478 e. The molecule has 1 atom stereocenters. The lowest BCUT2D eigenvalue weighted by atomic mass is 9.89. The number of hydrogen-bond acceptors (Lipinski definition) is 4. The SMILES string of the molecule is O=C(O)c1cccc([C@H]2CCCN(C(=O)c3nc4ccccc4c(=O)[nH]3)C2)c1. The predicted molar refractivity (Wildman–Crippen MR) is 104 cm³/mol. The van der Waals surface area contributed by atoms with Crippen LogP contribution in [0, 0.1) is 0 Å². The van der Waals surface area contributed by atoms with E-state index in [-0.39, 0.29) is 28.8 Å². The number of nitrogens with zero attached hydrogens (tertiary/aromatic N) is 2. The molecule has 0 unspecified atom stereocenters. The molecule has 1 aliphatic heterocycles. The van der Waals surface area contributed by atoms with E-state index >= 15 is 0 Å². The maximum Gasteiger partial charge on any atom is 0.335 e. The summed E-state index contributed by atoms with van der Waals surface area (Å²) in [6.45, 7) is 1.03. The average molecular weight is 377 g/mol. The zero-order valence-corrected chi connectivity index (χ0v) is 15.1. The number of hydrogen-bond donors (Lipinski definition) is 2. The van der Waals surface area contributed by atoms with Gasteiger partial charge in [0.1, 0.15) is 0 Å². The molecule has 1 amide bonds. The number of aromatic carboxylic acids is 1. The maximum atomic E-state index is 12.9. The van der Waals surface area contributed by atoms with Crippen LogP contribution in [0.5, 0.6) is 0 Å². The van der Waals surface area contributed by atoms with Crippen molar-refractivity contribution in [3.63, 3.8) is 0 Å². The van der Waals surface area contributed by atoms with Crippen LogP contribution in [0.4, 0.5) is 0 Å². The Bertz CT molecular complexity index is 1120. The summed E-state index contributed by atoms with van der Waals surface area (Å²) < 4.78 is 0. The molecule has 4 rings (SSSR count). The third-order valence-electron chi connectivity index (χ3n) is 5.13. The quantitative estimate of drug-likeness (QED) is 0.730. The molecule has 0 aliphatic carbocycles. The average Bonchev–Trinajstić information content (AvgIpc) is 2.73. The molecule has 28 heavy (non-hydrogen) atoms. The minimum atomic E-state index is -0.969. The molecule has 0 bridgehead atoms. The van der Waals surface area contributed by atoms with Gasteiger partial charge in [0.2, 0.25) is 0 Å². The molecule has 0 radical (unpaired) electrons. The zero-order valence-electron chi connectivity index (χ0n) is 15.1. The van der Waals surface area contributed by atoms with Crippen molar-refractivity contribution in [2.45, 2.75) is 18.8 Å². The number of piperidine rings is 1. The number of carboxylic acid groups (broad SMARTS) is 1. The number of likely N-dealkylation sites (tertiary alicyclic amines) is 1. The number of carboxylic acids is 1. The summed E-state index contributed by atoms with van der Waals surface area (Å²) in [4.78, 5) is 45.0. The van der Waals surface area contributed by atoms with Gasteiger partial charge in [0.25, 0.3) is 11.5 Å². The molecule has 1 aromatic heterocycles. The Morgan fingerprint density at radius 3 is 2.79 bits per heavy atom. The highest BCUT2D eigenvalue weighted by Gasteiger charge is 2.27. The normalized spacial score (nSPS) is 16.9. The summed E-state index contributed by atoms with van der Waals surface area (Å²) in [7, 11) is 0. The van der Waals surface area contributed by atoms with E-state index < -0.39 is 5.97 Å². The van der Waals surface area contributed by atoms with E-state index in [0.717, 1.165) is 18.4 Å². The number of fused-ring (bicyclic) bond motifs is 1. The number of H-pyrrole nitrogens is 1. The molecule has 142 valence electrons. The van der Waals surface area contributed by atoms with Gasteiger partial charge in [-0.25, -0.2) is 9.78 Å². The maximum absolute atomic E-state index is 12.9.